The van der Waals surface area contributed by atoms with Crippen LogP contribution in [0, 0.1) is 6.92 Å². The van der Waals surface area contributed by atoms with Crippen molar-refractivity contribution in [3.8, 4) is 0 Å². The summed E-state index contributed by atoms with van der Waals surface area (Å²) in [6.45, 7) is 7.67. The average molecular weight is 524 g/mol. The van der Waals surface area contributed by atoms with Crippen molar-refractivity contribution in [3.63, 3.8) is 0 Å². The predicted molar refractivity (Wildman–Crippen MR) is 155 cm³/mol. The topological polar surface area (TPSA) is 72.0 Å². The Hall–Kier alpha value is -2.87. The Morgan fingerprint density at radius 1 is 1.22 bits per heavy atom. The molecule has 2 heterocycles. The summed E-state index contributed by atoms with van der Waals surface area (Å²) in [5.74, 6) is 1.29. The lowest BCUT2D eigenvalue weighted by Crippen LogP contribution is -2.10. The fourth-order valence-electron chi connectivity index (χ4n) is 3.29. The monoisotopic (exact) mass is 523 g/mol. The highest BCUT2D eigenvalue weighted by Crippen LogP contribution is 2.35. The second-order valence-corrected chi connectivity index (χ2v) is 9.65. The van der Waals surface area contributed by atoms with E-state index in [9.17, 15) is 0 Å². The van der Waals surface area contributed by atoms with Gasteiger partial charge < -0.3 is 15.4 Å². The van der Waals surface area contributed by atoms with E-state index in [2.05, 4.69) is 52.0 Å². The van der Waals surface area contributed by atoms with E-state index in [0.29, 0.717) is 17.6 Å². The lowest BCUT2D eigenvalue weighted by molar-refractivity contribution is 0.198. The Labute approximate surface area is 223 Å². The number of hydrogen-bond acceptors (Lipinski definition) is 7. The van der Waals surface area contributed by atoms with Gasteiger partial charge in [0.15, 0.2) is 0 Å². The number of halogens is 1. The van der Waals surface area contributed by atoms with E-state index in [-0.39, 0.29) is 0 Å². The number of allylic oxidation sites excluding steroid dienone is 2. The molecule has 0 atom stereocenters. The Morgan fingerprint density at radius 2 is 2.08 bits per heavy atom. The molecule has 0 amide bonds. The van der Waals surface area contributed by atoms with Gasteiger partial charge in [-0.25, -0.2) is 4.98 Å². The molecule has 0 aliphatic heterocycles. The maximum atomic E-state index is 6.30. The van der Waals surface area contributed by atoms with Gasteiger partial charge in [0.2, 0.25) is 5.95 Å². The zero-order chi connectivity index (χ0) is 25.8. The third-order valence-corrected chi connectivity index (χ3v) is 6.92. The van der Waals surface area contributed by atoms with Crippen LogP contribution in [0.3, 0.4) is 0 Å². The summed E-state index contributed by atoms with van der Waals surface area (Å²) in [5, 5.41) is 9.63. The van der Waals surface area contributed by atoms with Crippen molar-refractivity contribution >= 4 is 51.3 Å². The number of methoxy groups -OCH3 is 1. The second kappa shape index (κ2) is 14.6. The summed E-state index contributed by atoms with van der Waals surface area (Å²) in [4.78, 5) is 14.8. The predicted octanol–water partition coefficient (Wildman–Crippen LogP) is 7.96. The molecular weight excluding hydrogens is 490 g/mol. The first-order chi connectivity index (χ1) is 17.5. The van der Waals surface area contributed by atoms with Crippen LogP contribution in [0.25, 0.3) is 10.5 Å². The van der Waals surface area contributed by atoms with E-state index in [1.807, 2.05) is 43.6 Å². The van der Waals surface area contributed by atoms with Crippen LogP contribution in [0.1, 0.15) is 49.8 Å². The third kappa shape index (κ3) is 8.36. The minimum atomic E-state index is 0.509. The van der Waals surface area contributed by atoms with Crippen molar-refractivity contribution in [2.45, 2.75) is 40.0 Å². The highest BCUT2D eigenvalue weighted by molar-refractivity contribution is 8.11. The van der Waals surface area contributed by atoms with Gasteiger partial charge in [-0.05, 0) is 67.0 Å². The number of aryl methyl sites for hydroxylation is 1. The number of ether oxygens (including phenoxy) is 1. The summed E-state index contributed by atoms with van der Waals surface area (Å²) < 4.78 is 5.22. The van der Waals surface area contributed by atoms with E-state index >= 15 is 0 Å². The molecule has 0 fully saturated rings. The molecule has 0 spiro atoms. The van der Waals surface area contributed by atoms with E-state index in [4.69, 9.17) is 21.3 Å². The molecule has 2 N–H and O–H groups in total. The summed E-state index contributed by atoms with van der Waals surface area (Å²) in [5.41, 5.74) is 5.09. The second-order valence-electron chi connectivity index (χ2n) is 8.34. The highest BCUT2D eigenvalue weighted by atomic mass is 35.5. The van der Waals surface area contributed by atoms with Crippen LogP contribution in [0.5, 0.6) is 0 Å². The molecule has 0 bridgehead atoms. The van der Waals surface area contributed by atoms with Crippen LogP contribution in [-0.4, -0.2) is 35.2 Å². The number of hydrogen-bond donors (Lipinski definition) is 2. The standard InChI is InChI=1S/C28H34ClN5OS/c1-5-6-10-26(36-19-21(3)22-9-7-13-30-17-22)24-18-32-28(34-27(24)31-14-8-15-35-4)33-23-12-11-20(2)25(29)16-23/h7,9-13,16-19H,5-6,8,14-15H2,1-4H3,(H2,31,32,33,34)/b21-19+,26-10+. The van der Waals surface area contributed by atoms with E-state index < -0.39 is 0 Å². The number of rotatable bonds is 13. The molecule has 0 aliphatic rings. The summed E-state index contributed by atoms with van der Waals surface area (Å²) in [6.07, 6.45) is 10.7. The van der Waals surface area contributed by atoms with Gasteiger partial charge in [0, 0.05) is 60.0 Å². The van der Waals surface area contributed by atoms with Crippen LogP contribution >= 0.6 is 23.4 Å². The fraction of sp³-hybridized carbons (Fsp3) is 0.321. The Balaban J connectivity index is 1.91. The molecule has 3 rings (SSSR count). The smallest absolute Gasteiger partial charge is 0.229 e. The first kappa shape index (κ1) is 27.7. The molecule has 2 aromatic heterocycles. The molecule has 3 aromatic rings. The van der Waals surface area contributed by atoms with Crippen LogP contribution in [-0.2, 0) is 4.74 Å². The summed E-state index contributed by atoms with van der Waals surface area (Å²) in [6, 6.07) is 9.85. The zero-order valence-electron chi connectivity index (χ0n) is 21.3. The zero-order valence-corrected chi connectivity index (χ0v) is 22.9. The number of pyridine rings is 1. The summed E-state index contributed by atoms with van der Waals surface area (Å²) in [7, 11) is 1.71. The van der Waals surface area contributed by atoms with E-state index in [1.165, 1.54) is 0 Å². The molecule has 0 unspecified atom stereocenters. The van der Waals surface area contributed by atoms with Gasteiger partial charge in [-0.15, -0.1) is 0 Å². The molecule has 6 nitrogen and oxygen atoms in total. The summed E-state index contributed by atoms with van der Waals surface area (Å²) >= 11 is 7.98. The van der Waals surface area contributed by atoms with Gasteiger partial charge in [-0.1, -0.05) is 54.9 Å². The highest BCUT2D eigenvalue weighted by Gasteiger charge is 2.13. The molecule has 8 heteroatoms. The number of benzene rings is 1. The lowest BCUT2D eigenvalue weighted by Gasteiger charge is -2.15. The molecule has 1 aromatic carbocycles. The fourth-order valence-corrected chi connectivity index (χ4v) is 4.40. The van der Waals surface area contributed by atoms with Crippen molar-refractivity contribution in [2.75, 3.05) is 30.9 Å². The minimum absolute atomic E-state index is 0.509. The Morgan fingerprint density at radius 3 is 2.81 bits per heavy atom. The van der Waals surface area contributed by atoms with Crippen molar-refractivity contribution in [2.24, 2.45) is 0 Å². The maximum Gasteiger partial charge on any atom is 0.229 e. The molecule has 190 valence electrons. The number of nitrogens with zero attached hydrogens (tertiary/aromatic N) is 3. The quantitative estimate of drug-likeness (QED) is 0.220. The Kier molecular flexibility index (Phi) is 11.3. The van der Waals surface area contributed by atoms with Crippen molar-refractivity contribution in [1.29, 1.82) is 0 Å². The average Bonchev–Trinajstić information content (AvgIpc) is 2.89. The van der Waals surface area contributed by atoms with Gasteiger partial charge in [0.05, 0.1) is 0 Å². The number of aromatic nitrogens is 3. The van der Waals surface area contributed by atoms with Gasteiger partial charge in [-0.2, -0.15) is 4.98 Å². The number of anilines is 3. The normalized spacial score (nSPS) is 12.0. The molecule has 0 aliphatic carbocycles. The lowest BCUT2D eigenvalue weighted by atomic mass is 10.2. The van der Waals surface area contributed by atoms with Crippen molar-refractivity contribution in [3.05, 3.63) is 82.1 Å². The van der Waals surface area contributed by atoms with E-state index in [1.54, 1.807) is 25.1 Å². The molecule has 36 heavy (non-hydrogen) atoms. The van der Waals surface area contributed by atoms with Crippen LogP contribution in [0.2, 0.25) is 5.02 Å². The van der Waals surface area contributed by atoms with Crippen molar-refractivity contribution < 1.29 is 4.74 Å². The number of unbranched alkanes of at least 4 members (excludes halogenated alkanes) is 1. The SMILES string of the molecule is CCC/C=C(/S/C=C(\C)c1cccnc1)c1cnc(Nc2ccc(C)c(Cl)c2)nc1NCCCOC. The van der Waals surface area contributed by atoms with Crippen molar-refractivity contribution in [1.82, 2.24) is 15.0 Å². The largest absolute Gasteiger partial charge is 0.385 e. The molecule has 0 saturated heterocycles. The van der Waals surface area contributed by atoms with E-state index in [0.717, 1.165) is 64.5 Å². The van der Waals surface area contributed by atoms with Gasteiger partial charge >= 0.3 is 0 Å². The molecule has 0 saturated carbocycles. The van der Waals surface area contributed by atoms with Crippen LogP contribution < -0.4 is 10.6 Å². The number of thioether (sulfide) groups is 1. The molecular formula is C28H34ClN5OS. The first-order valence-corrected chi connectivity index (χ1v) is 13.3. The maximum absolute atomic E-state index is 6.30. The van der Waals surface area contributed by atoms with Crippen LogP contribution in [0.4, 0.5) is 17.5 Å². The van der Waals surface area contributed by atoms with Gasteiger partial charge in [0.1, 0.15) is 5.82 Å². The van der Waals surface area contributed by atoms with Gasteiger partial charge in [0.25, 0.3) is 0 Å². The van der Waals surface area contributed by atoms with Crippen LogP contribution in [0.15, 0.2) is 60.4 Å². The number of nitrogens with one attached hydrogen (secondary N) is 2. The van der Waals surface area contributed by atoms with Gasteiger partial charge in [-0.3, -0.25) is 4.98 Å². The Bertz CT molecular complexity index is 1180. The first-order valence-electron chi connectivity index (χ1n) is 12.1. The third-order valence-electron chi connectivity index (χ3n) is 5.40. The minimum Gasteiger partial charge on any atom is -0.385 e. The molecule has 0 radical (unpaired) electrons.